The minimum atomic E-state index is -5.43. The average Bonchev–Trinajstić information content (AvgIpc) is 2.87. The standard InChI is InChI=1S/C13H9BF4N3O3S/c1-24-11(22)5-10-12(23)20-13(25-10)21-19-6-7-8(14(16,17)18)3-2-4-9(7)15/h2-6H,1H3,(H,20,21,23)/q-1/b10-5+,19-6?. The molecular weight excluding hydrogens is 365 g/mol. The van der Waals surface area contributed by atoms with Gasteiger partial charge in [0.05, 0.1) is 18.2 Å². The van der Waals surface area contributed by atoms with Crippen LogP contribution >= 0.6 is 11.8 Å². The van der Waals surface area contributed by atoms with Gasteiger partial charge in [0.15, 0.2) is 5.17 Å². The van der Waals surface area contributed by atoms with E-state index in [0.717, 1.165) is 43.1 Å². The smallest absolute Gasteiger partial charge is 0.466 e. The van der Waals surface area contributed by atoms with Crippen LogP contribution in [0.25, 0.3) is 0 Å². The molecular formula is C13H9BF4N3O3S-. The number of amides is 1. The molecule has 0 saturated carbocycles. The maximum atomic E-state index is 13.6. The third-order valence-corrected chi connectivity index (χ3v) is 3.78. The molecule has 0 bridgehead atoms. The number of rotatable bonds is 4. The van der Waals surface area contributed by atoms with Crippen molar-refractivity contribution >= 4 is 47.5 Å². The summed E-state index contributed by atoms with van der Waals surface area (Å²) in [6.07, 6.45) is 1.54. The van der Waals surface area contributed by atoms with E-state index in [9.17, 15) is 26.9 Å². The molecule has 1 N–H and O–H groups in total. The second-order valence-electron chi connectivity index (χ2n) is 4.56. The van der Waals surface area contributed by atoms with Crippen molar-refractivity contribution in [3.8, 4) is 0 Å². The Balaban J connectivity index is 2.22. The third-order valence-electron chi connectivity index (χ3n) is 2.88. The highest BCUT2D eigenvalue weighted by Crippen LogP contribution is 2.23. The van der Waals surface area contributed by atoms with Crippen LogP contribution in [0.15, 0.2) is 39.4 Å². The first-order valence-electron chi connectivity index (χ1n) is 6.60. The maximum Gasteiger partial charge on any atom is 0.510 e. The molecule has 1 fully saturated rings. The summed E-state index contributed by atoms with van der Waals surface area (Å²) in [4.78, 5) is 22.6. The van der Waals surface area contributed by atoms with Crippen LogP contribution in [0.2, 0.25) is 0 Å². The topological polar surface area (TPSA) is 80.1 Å². The van der Waals surface area contributed by atoms with Crippen LogP contribution in [0.5, 0.6) is 0 Å². The number of methoxy groups -OCH3 is 1. The van der Waals surface area contributed by atoms with Gasteiger partial charge in [0, 0.05) is 11.6 Å². The number of hydrogen-bond donors (Lipinski definition) is 1. The Hall–Kier alpha value is -2.63. The molecule has 0 aliphatic carbocycles. The van der Waals surface area contributed by atoms with Crippen LogP contribution in [0.1, 0.15) is 5.56 Å². The van der Waals surface area contributed by atoms with E-state index >= 15 is 0 Å². The number of halogens is 4. The Morgan fingerprint density at radius 1 is 1.36 bits per heavy atom. The molecule has 1 aliphatic heterocycles. The van der Waals surface area contributed by atoms with E-state index in [0.29, 0.717) is 6.21 Å². The summed E-state index contributed by atoms with van der Waals surface area (Å²) in [5.41, 5.74) is -1.89. The van der Waals surface area contributed by atoms with Gasteiger partial charge in [-0.15, -0.1) is 5.10 Å². The van der Waals surface area contributed by atoms with Crippen molar-refractivity contribution in [3.05, 3.63) is 40.6 Å². The third kappa shape index (κ3) is 4.69. The second kappa shape index (κ2) is 7.51. The quantitative estimate of drug-likeness (QED) is 0.216. The predicted molar refractivity (Wildman–Crippen MR) is 86.0 cm³/mol. The zero-order chi connectivity index (χ0) is 18.6. The van der Waals surface area contributed by atoms with Crippen molar-refractivity contribution in [2.24, 2.45) is 10.2 Å². The molecule has 2 rings (SSSR count). The zero-order valence-electron chi connectivity index (χ0n) is 12.5. The maximum absolute atomic E-state index is 13.6. The Labute approximate surface area is 143 Å². The van der Waals surface area contributed by atoms with E-state index < -0.39 is 35.7 Å². The van der Waals surface area contributed by atoms with Gasteiger partial charge < -0.3 is 17.7 Å². The number of nitrogens with one attached hydrogen (secondary N) is 1. The normalized spacial score (nSPS) is 18.2. The number of benzene rings is 1. The summed E-state index contributed by atoms with van der Waals surface area (Å²) >= 11 is 0.735. The predicted octanol–water partition coefficient (Wildman–Crippen LogP) is 1.49. The van der Waals surface area contributed by atoms with E-state index in [1.165, 1.54) is 0 Å². The number of ether oxygens (including phenoxy) is 1. The highest BCUT2D eigenvalue weighted by molar-refractivity contribution is 8.18. The number of amidine groups is 1. The molecule has 6 nitrogen and oxygen atoms in total. The average molecular weight is 374 g/mol. The lowest BCUT2D eigenvalue weighted by Crippen LogP contribution is -2.37. The molecule has 0 spiro atoms. The van der Waals surface area contributed by atoms with E-state index in [4.69, 9.17) is 0 Å². The summed E-state index contributed by atoms with van der Waals surface area (Å²) < 4.78 is 56.7. The van der Waals surface area contributed by atoms with Gasteiger partial charge in [0.1, 0.15) is 5.82 Å². The number of thioether (sulfide) groups is 1. The van der Waals surface area contributed by atoms with Gasteiger partial charge in [-0.3, -0.25) is 10.1 Å². The second-order valence-corrected chi connectivity index (χ2v) is 5.59. The lowest BCUT2D eigenvalue weighted by atomic mass is 9.77. The van der Waals surface area contributed by atoms with Crippen LogP contribution in [0.3, 0.4) is 0 Å². The molecule has 25 heavy (non-hydrogen) atoms. The van der Waals surface area contributed by atoms with E-state index in [1.807, 2.05) is 0 Å². The molecule has 1 aromatic rings. The van der Waals surface area contributed by atoms with Crippen LogP contribution < -0.4 is 10.8 Å². The van der Waals surface area contributed by atoms with Crippen molar-refractivity contribution in [3.63, 3.8) is 0 Å². The fourth-order valence-corrected chi connectivity index (χ4v) is 2.49. The van der Waals surface area contributed by atoms with Crippen LogP contribution in [-0.2, 0) is 14.3 Å². The largest absolute Gasteiger partial charge is 0.510 e. The number of carbonyl (C=O) groups is 2. The lowest BCUT2D eigenvalue weighted by molar-refractivity contribution is -0.135. The van der Waals surface area contributed by atoms with Crippen molar-refractivity contribution in [2.45, 2.75) is 0 Å². The van der Waals surface area contributed by atoms with Gasteiger partial charge in [0.25, 0.3) is 5.91 Å². The van der Waals surface area contributed by atoms with Gasteiger partial charge in [-0.25, -0.2) is 9.18 Å². The molecule has 0 atom stereocenters. The van der Waals surface area contributed by atoms with Gasteiger partial charge in [-0.2, -0.15) is 5.10 Å². The molecule has 1 aliphatic rings. The van der Waals surface area contributed by atoms with Gasteiger partial charge in [0.2, 0.25) is 0 Å². The number of carbonyl (C=O) groups excluding carboxylic acids is 2. The highest BCUT2D eigenvalue weighted by atomic mass is 32.2. The molecule has 1 amide bonds. The molecule has 132 valence electrons. The summed E-state index contributed by atoms with van der Waals surface area (Å²) in [5.74, 6) is -2.50. The molecule has 0 unspecified atom stereocenters. The van der Waals surface area contributed by atoms with E-state index in [1.54, 1.807) is 0 Å². The number of nitrogens with zero attached hydrogens (tertiary/aromatic N) is 2. The Kier molecular flexibility index (Phi) is 5.62. The molecule has 1 heterocycles. The summed E-state index contributed by atoms with van der Waals surface area (Å²) in [6, 6.07) is 2.55. The number of hydrogen-bond acceptors (Lipinski definition) is 6. The highest BCUT2D eigenvalue weighted by Gasteiger charge is 2.29. The van der Waals surface area contributed by atoms with Crippen molar-refractivity contribution < 1.29 is 31.7 Å². The fraction of sp³-hybridized carbons (Fsp3) is 0.0769. The lowest BCUT2D eigenvalue weighted by Gasteiger charge is -2.17. The molecule has 1 aromatic carbocycles. The molecule has 0 aromatic heterocycles. The summed E-state index contributed by atoms with van der Waals surface area (Å²) in [7, 11) is 1.13. The van der Waals surface area contributed by atoms with Crippen molar-refractivity contribution in [2.75, 3.05) is 7.11 Å². The SMILES string of the molecule is COC(=O)/C=C1/S/C(=N\N=Cc2c(F)cccc2[B-](F)(F)F)NC1=O. The van der Waals surface area contributed by atoms with Crippen LogP contribution in [-0.4, -0.2) is 37.3 Å². The van der Waals surface area contributed by atoms with Crippen molar-refractivity contribution in [1.82, 2.24) is 5.32 Å². The fourth-order valence-electron chi connectivity index (χ4n) is 1.76. The Morgan fingerprint density at radius 3 is 2.72 bits per heavy atom. The zero-order valence-corrected chi connectivity index (χ0v) is 13.3. The van der Waals surface area contributed by atoms with Crippen LogP contribution in [0, 0.1) is 5.82 Å². The first kappa shape index (κ1) is 18.7. The Morgan fingerprint density at radius 2 is 2.08 bits per heavy atom. The molecule has 12 heteroatoms. The molecule has 0 radical (unpaired) electrons. The molecule has 1 saturated heterocycles. The minimum absolute atomic E-state index is 0.0222. The van der Waals surface area contributed by atoms with Crippen molar-refractivity contribution in [1.29, 1.82) is 0 Å². The monoisotopic (exact) mass is 374 g/mol. The van der Waals surface area contributed by atoms with Gasteiger partial charge in [-0.05, 0) is 17.8 Å². The van der Waals surface area contributed by atoms with Crippen LogP contribution in [0.4, 0.5) is 17.3 Å². The van der Waals surface area contributed by atoms with Gasteiger partial charge in [-0.1, -0.05) is 17.6 Å². The Bertz CT molecular complexity index is 808. The summed E-state index contributed by atoms with van der Waals surface area (Å²) in [6.45, 7) is -5.43. The first-order chi connectivity index (χ1) is 11.7. The first-order valence-corrected chi connectivity index (χ1v) is 7.42. The van der Waals surface area contributed by atoms with E-state index in [2.05, 4.69) is 20.3 Å². The minimum Gasteiger partial charge on any atom is -0.466 e. The summed E-state index contributed by atoms with van der Waals surface area (Å²) in [5, 5.41) is 9.07. The number of esters is 1. The van der Waals surface area contributed by atoms with E-state index in [-0.39, 0.29) is 10.1 Å². The van der Waals surface area contributed by atoms with Gasteiger partial charge >= 0.3 is 12.9 Å².